The number of hydrogen-bond donors (Lipinski definition) is 0. The number of hydrogen-bond acceptors (Lipinski definition) is 5. The molecular formula is C8H11FNaO5. The second-order valence-corrected chi connectivity index (χ2v) is 2.20. The monoisotopic (exact) mass is 229 g/mol. The summed E-state index contributed by atoms with van der Waals surface area (Å²) in [6.45, 7) is 2.80. The van der Waals surface area contributed by atoms with Gasteiger partial charge in [-0.1, -0.05) is 0 Å². The Morgan fingerprint density at radius 1 is 1.13 bits per heavy atom. The van der Waals surface area contributed by atoms with Crippen molar-refractivity contribution in [3.63, 3.8) is 0 Å². The zero-order chi connectivity index (χ0) is 11.1. The molecule has 0 aromatic heterocycles. The molecule has 0 saturated carbocycles. The Morgan fingerprint density at radius 3 is 2.00 bits per heavy atom. The van der Waals surface area contributed by atoms with Crippen LogP contribution in [0.3, 0.4) is 0 Å². The Labute approximate surface area is 109 Å². The van der Waals surface area contributed by atoms with Gasteiger partial charge in [0.25, 0.3) is 12.0 Å². The van der Waals surface area contributed by atoms with E-state index in [2.05, 4.69) is 9.47 Å². The molecule has 1 atom stereocenters. The molecule has 0 bridgehead atoms. The summed E-state index contributed by atoms with van der Waals surface area (Å²) in [7, 11) is 0. The number of halogens is 1. The van der Waals surface area contributed by atoms with Crippen LogP contribution in [0.25, 0.3) is 0 Å². The summed E-state index contributed by atoms with van der Waals surface area (Å²) in [5.41, 5.74) is 0. The zero-order valence-electron chi connectivity index (χ0n) is 8.91. The topological polar surface area (TPSA) is 69.7 Å². The molecule has 0 fully saturated rings. The molecule has 7 heteroatoms. The fraction of sp³-hybridized carbons (Fsp3) is 0.625. The number of ether oxygens (including phenoxy) is 2. The van der Waals surface area contributed by atoms with Crippen molar-refractivity contribution in [1.82, 2.24) is 0 Å². The van der Waals surface area contributed by atoms with Gasteiger partial charge in [0, 0.05) is 29.6 Å². The summed E-state index contributed by atoms with van der Waals surface area (Å²) in [5, 5.41) is 0. The second kappa shape index (κ2) is 8.82. The summed E-state index contributed by atoms with van der Waals surface area (Å²) in [6.07, 6.45) is -2.59. The maximum atomic E-state index is 12.8. The van der Waals surface area contributed by atoms with Crippen LogP contribution in [0.2, 0.25) is 0 Å². The fourth-order valence-corrected chi connectivity index (χ4v) is 0.628. The van der Waals surface area contributed by atoms with Gasteiger partial charge < -0.3 is 9.47 Å². The maximum absolute atomic E-state index is 12.8. The first kappa shape index (κ1) is 17.0. The van der Waals surface area contributed by atoms with Crippen LogP contribution >= 0.6 is 0 Å². The molecule has 0 N–H and O–H groups in total. The average molecular weight is 229 g/mol. The van der Waals surface area contributed by atoms with Crippen molar-refractivity contribution < 1.29 is 28.2 Å². The van der Waals surface area contributed by atoms with Crippen molar-refractivity contribution in [1.29, 1.82) is 0 Å². The third kappa shape index (κ3) is 5.86. The zero-order valence-corrected chi connectivity index (χ0v) is 10.9. The third-order valence-corrected chi connectivity index (χ3v) is 1.20. The van der Waals surface area contributed by atoms with Crippen molar-refractivity contribution in [2.75, 3.05) is 13.2 Å². The van der Waals surface area contributed by atoms with E-state index >= 15 is 0 Å². The van der Waals surface area contributed by atoms with E-state index < -0.39 is 23.9 Å². The quantitative estimate of drug-likeness (QED) is 0.278. The van der Waals surface area contributed by atoms with Gasteiger partial charge in [0.2, 0.25) is 0 Å². The molecule has 0 aromatic carbocycles. The predicted octanol–water partition coefficient (Wildman–Crippen LogP) is -0.361. The average Bonchev–Trinajstić information content (AvgIpc) is 2.16. The van der Waals surface area contributed by atoms with Crippen molar-refractivity contribution in [3.05, 3.63) is 0 Å². The van der Waals surface area contributed by atoms with Crippen molar-refractivity contribution >= 4 is 47.3 Å². The fourth-order valence-electron chi connectivity index (χ4n) is 0.628. The molecule has 0 rings (SSSR count). The summed E-state index contributed by atoms with van der Waals surface area (Å²) in [5.74, 6) is -4.27. The van der Waals surface area contributed by atoms with Gasteiger partial charge in [-0.15, -0.1) is 0 Å². The molecule has 1 radical (unpaired) electrons. The second-order valence-electron chi connectivity index (χ2n) is 2.20. The van der Waals surface area contributed by atoms with Gasteiger partial charge in [0.05, 0.1) is 13.2 Å². The molecule has 5 nitrogen and oxygen atoms in total. The first-order valence-corrected chi connectivity index (χ1v) is 4.06. The van der Waals surface area contributed by atoms with Crippen LogP contribution in [-0.2, 0) is 23.9 Å². The normalized spacial score (nSPS) is 10.9. The Hall–Kier alpha value is -0.460. The number of carbonyl (C=O) groups is 3. The molecule has 0 saturated heterocycles. The number of Topliss-reactive ketones (excluding diaryl/α,β-unsaturated/α-hetero) is 1. The number of ketones is 1. The Bertz CT molecular complexity index is 243. The van der Waals surface area contributed by atoms with E-state index in [4.69, 9.17) is 0 Å². The van der Waals surface area contributed by atoms with Gasteiger partial charge in [-0.3, -0.25) is 4.79 Å². The predicted molar refractivity (Wildman–Crippen MR) is 48.9 cm³/mol. The van der Waals surface area contributed by atoms with Crippen LogP contribution in [0.5, 0.6) is 0 Å². The van der Waals surface area contributed by atoms with Gasteiger partial charge >= 0.3 is 11.9 Å². The van der Waals surface area contributed by atoms with Crippen LogP contribution in [0.1, 0.15) is 13.8 Å². The minimum absolute atomic E-state index is 0. The molecule has 0 aliphatic rings. The minimum atomic E-state index is -2.59. The maximum Gasteiger partial charge on any atom is 0.378 e. The van der Waals surface area contributed by atoms with Crippen LogP contribution in [-0.4, -0.2) is 66.7 Å². The summed E-state index contributed by atoms with van der Waals surface area (Å²) in [4.78, 5) is 32.1. The van der Waals surface area contributed by atoms with Crippen LogP contribution in [0, 0.1) is 0 Å². The SMILES string of the molecule is CCOC(=O)C(=O)C(F)C(=O)OCC.[Na]. The van der Waals surface area contributed by atoms with E-state index in [-0.39, 0.29) is 42.8 Å². The van der Waals surface area contributed by atoms with Gasteiger partial charge in [-0.05, 0) is 13.8 Å². The molecule has 0 aliphatic carbocycles. The van der Waals surface area contributed by atoms with Gasteiger partial charge in [0.1, 0.15) is 0 Å². The number of alkyl halides is 1. The molecule has 81 valence electrons. The first-order chi connectivity index (χ1) is 6.54. The molecular weight excluding hydrogens is 218 g/mol. The number of esters is 2. The minimum Gasteiger partial charge on any atom is -0.463 e. The van der Waals surface area contributed by atoms with Crippen molar-refractivity contribution in [3.8, 4) is 0 Å². The Morgan fingerprint density at radius 2 is 1.60 bits per heavy atom. The van der Waals surface area contributed by atoms with Crippen molar-refractivity contribution in [2.24, 2.45) is 0 Å². The standard InChI is InChI=1S/C8H11FO5.Na/c1-3-13-7(11)5(9)6(10)8(12)14-4-2;/h5H,3-4H2,1-2H3;. The first-order valence-electron chi connectivity index (χ1n) is 4.06. The largest absolute Gasteiger partial charge is 0.463 e. The van der Waals surface area contributed by atoms with E-state index in [0.717, 1.165) is 0 Å². The van der Waals surface area contributed by atoms with E-state index in [1.807, 2.05) is 0 Å². The molecule has 0 amide bonds. The van der Waals surface area contributed by atoms with E-state index in [1.165, 1.54) is 13.8 Å². The van der Waals surface area contributed by atoms with E-state index in [9.17, 15) is 18.8 Å². The van der Waals surface area contributed by atoms with Gasteiger partial charge in [0.15, 0.2) is 0 Å². The molecule has 15 heavy (non-hydrogen) atoms. The Kier molecular flexibility index (Phi) is 9.96. The smallest absolute Gasteiger partial charge is 0.378 e. The number of carbonyl (C=O) groups excluding carboxylic acids is 3. The van der Waals surface area contributed by atoms with Gasteiger partial charge in [-0.2, -0.15) is 0 Å². The molecule has 0 aliphatic heterocycles. The van der Waals surface area contributed by atoms with Crippen LogP contribution < -0.4 is 0 Å². The van der Waals surface area contributed by atoms with Gasteiger partial charge in [-0.25, -0.2) is 14.0 Å². The molecule has 0 aromatic rings. The molecule has 0 heterocycles. The molecule has 1 unspecified atom stereocenters. The van der Waals surface area contributed by atoms with Crippen LogP contribution in [0.15, 0.2) is 0 Å². The summed E-state index contributed by atoms with van der Waals surface area (Å²) in [6, 6.07) is 0. The van der Waals surface area contributed by atoms with Crippen LogP contribution in [0.4, 0.5) is 4.39 Å². The summed E-state index contributed by atoms with van der Waals surface area (Å²) >= 11 is 0. The van der Waals surface area contributed by atoms with E-state index in [0.29, 0.717) is 0 Å². The third-order valence-electron chi connectivity index (χ3n) is 1.20. The Balaban J connectivity index is 0. The van der Waals surface area contributed by atoms with E-state index in [1.54, 1.807) is 0 Å². The number of rotatable bonds is 5. The van der Waals surface area contributed by atoms with Crippen molar-refractivity contribution in [2.45, 2.75) is 20.0 Å². The summed E-state index contributed by atoms with van der Waals surface area (Å²) < 4.78 is 21.3. The molecule has 0 spiro atoms.